The van der Waals surface area contributed by atoms with E-state index in [0.29, 0.717) is 12.2 Å². The molecule has 0 radical (unpaired) electrons. The Morgan fingerprint density at radius 1 is 1.09 bits per heavy atom. The van der Waals surface area contributed by atoms with Crippen LogP contribution in [0.5, 0.6) is 11.5 Å². The topological polar surface area (TPSA) is 47.6 Å². The minimum Gasteiger partial charge on any atom is -0.496 e. The normalized spacial score (nSPS) is 10.2. The largest absolute Gasteiger partial charge is 0.496 e. The molecular formula is C19H23NO3. The highest BCUT2D eigenvalue weighted by Gasteiger charge is 2.09. The lowest BCUT2D eigenvalue weighted by Gasteiger charge is -2.14. The fraction of sp³-hybridized carbons (Fsp3) is 0.316. The van der Waals surface area contributed by atoms with Crippen LogP contribution in [-0.4, -0.2) is 20.1 Å². The zero-order valence-electron chi connectivity index (χ0n) is 13.9. The second kappa shape index (κ2) is 8.22. The molecule has 0 unspecified atom stereocenters. The van der Waals surface area contributed by atoms with E-state index in [2.05, 4.69) is 18.3 Å². The van der Waals surface area contributed by atoms with Crippen LogP contribution in [0, 0.1) is 0 Å². The van der Waals surface area contributed by atoms with E-state index in [0.717, 1.165) is 29.9 Å². The van der Waals surface area contributed by atoms with Crippen LogP contribution in [0.1, 0.15) is 34.8 Å². The second-order valence-corrected chi connectivity index (χ2v) is 5.25. The van der Waals surface area contributed by atoms with Gasteiger partial charge in [0.2, 0.25) is 0 Å². The van der Waals surface area contributed by atoms with Gasteiger partial charge in [-0.1, -0.05) is 31.5 Å². The van der Waals surface area contributed by atoms with Gasteiger partial charge in [0.15, 0.2) is 0 Å². The summed E-state index contributed by atoms with van der Waals surface area (Å²) in [5.41, 5.74) is 2.84. The Hall–Kier alpha value is -2.49. The number of amides is 1. The highest BCUT2D eigenvalue weighted by atomic mass is 16.5. The monoisotopic (exact) mass is 313 g/mol. The molecule has 1 N–H and O–H groups in total. The molecule has 0 aromatic heterocycles. The Morgan fingerprint density at radius 2 is 1.78 bits per heavy atom. The molecule has 0 saturated heterocycles. The summed E-state index contributed by atoms with van der Waals surface area (Å²) in [7, 11) is 3.30. The Labute approximate surface area is 137 Å². The third kappa shape index (κ3) is 4.25. The molecule has 23 heavy (non-hydrogen) atoms. The first kappa shape index (κ1) is 16.9. The van der Waals surface area contributed by atoms with Crippen LogP contribution in [0.15, 0.2) is 42.5 Å². The molecule has 0 aliphatic carbocycles. The number of rotatable bonds is 7. The summed E-state index contributed by atoms with van der Waals surface area (Å²) in [6.45, 7) is 2.58. The first-order valence-electron chi connectivity index (χ1n) is 7.79. The molecule has 2 aromatic carbocycles. The molecular weight excluding hydrogens is 290 g/mol. The molecule has 0 saturated carbocycles. The first-order chi connectivity index (χ1) is 11.2. The van der Waals surface area contributed by atoms with Gasteiger partial charge < -0.3 is 14.8 Å². The smallest absolute Gasteiger partial charge is 0.251 e. The van der Waals surface area contributed by atoms with Crippen LogP contribution in [0.25, 0.3) is 0 Å². The molecule has 0 aliphatic heterocycles. The average Bonchev–Trinajstić information content (AvgIpc) is 2.60. The van der Waals surface area contributed by atoms with Crippen molar-refractivity contribution in [2.75, 3.05) is 14.2 Å². The van der Waals surface area contributed by atoms with Gasteiger partial charge in [-0.15, -0.1) is 0 Å². The summed E-state index contributed by atoms with van der Waals surface area (Å²) in [6, 6.07) is 13.2. The summed E-state index contributed by atoms with van der Waals surface area (Å²) in [5.74, 6) is 1.52. The van der Waals surface area contributed by atoms with Crippen molar-refractivity contribution in [1.82, 2.24) is 5.32 Å². The van der Waals surface area contributed by atoms with Gasteiger partial charge in [-0.05, 0) is 36.2 Å². The maximum Gasteiger partial charge on any atom is 0.251 e. The quantitative estimate of drug-likeness (QED) is 0.850. The molecule has 0 bridgehead atoms. The molecule has 0 spiro atoms. The third-order valence-electron chi connectivity index (χ3n) is 3.64. The van der Waals surface area contributed by atoms with Gasteiger partial charge in [-0.3, -0.25) is 4.79 Å². The predicted octanol–water partition coefficient (Wildman–Crippen LogP) is 3.59. The van der Waals surface area contributed by atoms with E-state index in [9.17, 15) is 4.79 Å². The van der Waals surface area contributed by atoms with E-state index < -0.39 is 0 Å². The minimum atomic E-state index is -0.106. The Morgan fingerprint density at radius 3 is 2.39 bits per heavy atom. The van der Waals surface area contributed by atoms with E-state index in [1.165, 1.54) is 5.56 Å². The number of carbonyl (C=O) groups excluding carboxylic acids is 1. The second-order valence-electron chi connectivity index (χ2n) is 5.25. The molecule has 2 rings (SSSR count). The van der Waals surface area contributed by atoms with Crippen molar-refractivity contribution >= 4 is 5.91 Å². The maximum absolute atomic E-state index is 11.5. The molecule has 0 heterocycles. The molecule has 0 atom stereocenters. The van der Waals surface area contributed by atoms with E-state index in [4.69, 9.17) is 9.47 Å². The Balaban J connectivity index is 2.08. The summed E-state index contributed by atoms with van der Waals surface area (Å²) in [6.07, 6.45) is 2.06. The highest BCUT2D eigenvalue weighted by molar-refractivity contribution is 5.94. The lowest BCUT2D eigenvalue weighted by molar-refractivity contribution is 0.0963. The fourth-order valence-electron chi connectivity index (χ4n) is 2.49. The summed E-state index contributed by atoms with van der Waals surface area (Å²) in [5, 5.41) is 2.60. The lowest BCUT2D eigenvalue weighted by atomic mass is 10.1. The van der Waals surface area contributed by atoms with Crippen molar-refractivity contribution in [2.24, 2.45) is 0 Å². The van der Waals surface area contributed by atoms with Gasteiger partial charge in [-0.25, -0.2) is 0 Å². The number of methoxy groups -OCH3 is 1. The third-order valence-corrected chi connectivity index (χ3v) is 3.64. The van der Waals surface area contributed by atoms with Gasteiger partial charge in [0, 0.05) is 18.2 Å². The van der Waals surface area contributed by atoms with Gasteiger partial charge in [-0.2, -0.15) is 0 Å². The number of benzene rings is 2. The number of para-hydroxylation sites is 1. The Kier molecular flexibility index (Phi) is 6.03. The standard InChI is InChI=1S/C19H23NO3/c1-4-6-14-7-5-8-16(18(14)22-3)13-23-17-11-9-15(10-12-17)19(21)20-2/h5,7-12H,4,6,13H2,1-3H3,(H,20,21). The van der Waals surface area contributed by atoms with Crippen LogP contribution in [0.4, 0.5) is 0 Å². The van der Waals surface area contributed by atoms with Crippen LogP contribution in [0.3, 0.4) is 0 Å². The first-order valence-corrected chi connectivity index (χ1v) is 7.79. The van der Waals surface area contributed by atoms with Crippen molar-refractivity contribution in [3.8, 4) is 11.5 Å². The molecule has 4 heteroatoms. The van der Waals surface area contributed by atoms with Crippen LogP contribution < -0.4 is 14.8 Å². The van der Waals surface area contributed by atoms with E-state index in [1.807, 2.05) is 12.1 Å². The molecule has 2 aromatic rings. The SMILES string of the molecule is CCCc1cccc(COc2ccc(C(=O)NC)cc2)c1OC. The Bertz CT molecular complexity index is 650. The van der Waals surface area contributed by atoms with Gasteiger partial charge in [0.05, 0.1) is 7.11 Å². The molecule has 4 nitrogen and oxygen atoms in total. The zero-order valence-corrected chi connectivity index (χ0v) is 13.9. The van der Waals surface area contributed by atoms with E-state index in [1.54, 1.807) is 38.4 Å². The van der Waals surface area contributed by atoms with Gasteiger partial charge in [0.1, 0.15) is 18.1 Å². The number of aryl methyl sites for hydroxylation is 1. The average molecular weight is 313 g/mol. The van der Waals surface area contributed by atoms with Crippen molar-refractivity contribution in [3.63, 3.8) is 0 Å². The van der Waals surface area contributed by atoms with Gasteiger partial charge in [0.25, 0.3) is 5.91 Å². The zero-order chi connectivity index (χ0) is 16.7. The molecule has 122 valence electrons. The summed E-state index contributed by atoms with van der Waals surface area (Å²) < 4.78 is 11.4. The minimum absolute atomic E-state index is 0.106. The van der Waals surface area contributed by atoms with E-state index >= 15 is 0 Å². The summed E-state index contributed by atoms with van der Waals surface area (Å²) in [4.78, 5) is 11.5. The van der Waals surface area contributed by atoms with Crippen LogP contribution >= 0.6 is 0 Å². The van der Waals surface area contributed by atoms with Crippen LogP contribution in [0.2, 0.25) is 0 Å². The fourth-order valence-corrected chi connectivity index (χ4v) is 2.49. The number of hydrogen-bond acceptors (Lipinski definition) is 3. The van der Waals surface area contributed by atoms with Crippen molar-refractivity contribution < 1.29 is 14.3 Å². The lowest BCUT2D eigenvalue weighted by Crippen LogP contribution is -2.17. The maximum atomic E-state index is 11.5. The number of carbonyl (C=O) groups is 1. The van der Waals surface area contributed by atoms with Crippen molar-refractivity contribution in [3.05, 3.63) is 59.2 Å². The molecule has 0 aliphatic rings. The summed E-state index contributed by atoms with van der Waals surface area (Å²) >= 11 is 0. The van der Waals surface area contributed by atoms with Crippen molar-refractivity contribution in [2.45, 2.75) is 26.4 Å². The van der Waals surface area contributed by atoms with E-state index in [-0.39, 0.29) is 5.91 Å². The van der Waals surface area contributed by atoms with Crippen LogP contribution in [-0.2, 0) is 13.0 Å². The highest BCUT2D eigenvalue weighted by Crippen LogP contribution is 2.26. The number of ether oxygens (including phenoxy) is 2. The van der Waals surface area contributed by atoms with Gasteiger partial charge >= 0.3 is 0 Å². The predicted molar refractivity (Wildman–Crippen MR) is 91.2 cm³/mol. The number of nitrogens with one attached hydrogen (secondary N) is 1. The number of hydrogen-bond donors (Lipinski definition) is 1. The molecule has 0 fully saturated rings. The molecule has 1 amide bonds. The van der Waals surface area contributed by atoms with Crippen molar-refractivity contribution in [1.29, 1.82) is 0 Å².